The molecule has 0 amide bonds. The molecule has 14 heavy (non-hydrogen) atoms. The smallest absolute Gasteiger partial charge is 0.171 e. The highest BCUT2D eigenvalue weighted by Gasteiger charge is 2.18. The molecule has 0 heterocycles. The van der Waals surface area contributed by atoms with Gasteiger partial charge in [-0.15, -0.1) is 0 Å². The summed E-state index contributed by atoms with van der Waals surface area (Å²) in [5, 5.41) is 26.8. The maximum Gasteiger partial charge on any atom is 0.171 e. The molecule has 1 rings (SSSR count). The average molecular weight is 204 g/mol. The molecule has 0 aromatic heterocycles. The average Bonchev–Trinajstić information content (AvgIpc) is 2.09. The molecule has 78 valence electrons. The summed E-state index contributed by atoms with van der Waals surface area (Å²) in [5.41, 5.74) is -0.516. The highest BCUT2D eigenvalue weighted by atomic mass is 19.1. The van der Waals surface area contributed by atoms with Crippen LogP contribution in [-0.2, 0) is 6.42 Å². The number of hydrogen-bond donors (Lipinski definition) is 3. The number of phenols is 2. The number of hydrogen-bond acceptors (Lipinski definition) is 3. The van der Waals surface area contributed by atoms with Gasteiger partial charge in [0, 0.05) is 18.1 Å². The maximum absolute atomic E-state index is 13.1. The summed E-state index contributed by atoms with van der Waals surface area (Å²) < 4.78 is 26.2. The highest BCUT2D eigenvalue weighted by molar-refractivity contribution is 5.40. The molecule has 0 aliphatic heterocycles. The van der Waals surface area contributed by atoms with Crippen LogP contribution in [0.15, 0.2) is 6.07 Å². The third-order valence-electron chi connectivity index (χ3n) is 1.75. The minimum atomic E-state index is -1.15. The SMILES string of the molecule is CC(O)Cc1c(F)c(O)cc(O)c1F. The van der Waals surface area contributed by atoms with Gasteiger partial charge in [-0.25, -0.2) is 8.78 Å². The summed E-state index contributed by atoms with van der Waals surface area (Å²) in [5.74, 6) is -3.97. The quantitative estimate of drug-likeness (QED) is 0.680. The zero-order valence-corrected chi connectivity index (χ0v) is 7.46. The van der Waals surface area contributed by atoms with E-state index in [2.05, 4.69) is 0 Å². The predicted molar refractivity (Wildman–Crippen MR) is 45.1 cm³/mol. The van der Waals surface area contributed by atoms with Crippen molar-refractivity contribution in [1.82, 2.24) is 0 Å². The molecule has 3 nitrogen and oxygen atoms in total. The molecule has 0 saturated carbocycles. The van der Waals surface area contributed by atoms with Crippen molar-refractivity contribution in [2.24, 2.45) is 0 Å². The molecule has 1 aromatic carbocycles. The monoisotopic (exact) mass is 204 g/mol. The number of benzene rings is 1. The lowest BCUT2D eigenvalue weighted by molar-refractivity contribution is 0.192. The van der Waals surface area contributed by atoms with Gasteiger partial charge in [-0.3, -0.25) is 0 Å². The molecular weight excluding hydrogens is 194 g/mol. The van der Waals surface area contributed by atoms with Crippen LogP contribution < -0.4 is 0 Å². The van der Waals surface area contributed by atoms with E-state index in [4.69, 9.17) is 15.3 Å². The van der Waals surface area contributed by atoms with E-state index in [-0.39, 0.29) is 6.42 Å². The number of halogens is 2. The summed E-state index contributed by atoms with van der Waals surface area (Å²) in [6, 6.07) is 0.580. The fourth-order valence-corrected chi connectivity index (χ4v) is 1.14. The van der Waals surface area contributed by atoms with Gasteiger partial charge >= 0.3 is 0 Å². The van der Waals surface area contributed by atoms with Crippen molar-refractivity contribution >= 4 is 0 Å². The third-order valence-corrected chi connectivity index (χ3v) is 1.75. The molecule has 0 spiro atoms. The van der Waals surface area contributed by atoms with Gasteiger partial charge in [0.2, 0.25) is 0 Å². The molecule has 0 saturated heterocycles. The van der Waals surface area contributed by atoms with Crippen molar-refractivity contribution in [2.75, 3.05) is 0 Å². The van der Waals surface area contributed by atoms with E-state index in [9.17, 15) is 8.78 Å². The Hall–Kier alpha value is -1.36. The number of phenolic OH excluding ortho intramolecular Hbond substituents is 2. The standard InChI is InChI=1S/C9H10F2O3/c1-4(12)2-5-8(10)6(13)3-7(14)9(5)11/h3-4,12-14H,2H2,1H3. The van der Waals surface area contributed by atoms with Crippen LogP contribution >= 0.6 is 0 Å². The number of aliphatic hydroxyl groups is 1. The van der Waals surface area contributed by atoms with Crippen LogP contribution in [0.25, 0.3) is 0 Å². The van der Waals surface area contributed by atoms with Gasteiger partial charge in [0.1, 0.15) is 0 Å². The van der Waals surface area contributed by atoms with Gasteiger partial charge in [-0.2, -0.15) is 0 Å². The minimum Gasteiger partial charge on any atom is -0.505 e. The first-order chi connectivity index (χ1) is 6.43. The van der Waals surface area contributed by atoms with E-state index in [1.165, 1.54) is 6.92 Å². The highest BCUT2D eigenvalue weighted by Crippen LogP contribution is 2.30. The Morgan fingerprint density at radius 3 is 2.00 bits per heavy atom. The Kier molecular flexibility index (Phi) is 2.90. The van der Waals surface area contributed by atoms with Crippen molar-refractivity contribution < 1.29 is 24.1 Å². The van der Waals surface area contributed by atoms with Crippen LogP contribution in [0.5, 0.6) is 11.5 Å². The molecular formula is C9H10F2O3. The molecule has 0 radical (unpaired) electrons. The number of rotatable bonds is 2. The second kappa shape index (κ2) is 3.79. The Bertz CT molecular complexity index is 324. The zero-order chi connectivity index (χ0) is 10.9. The lowest BCUT2D eigenvalue weighted by Gasteiger charge is -2.09. The van der Waals surface area contributed by atoms with Gasteiger partial charge in [0.05, 0.1) is 6.10 Å². The summed E-state index contributed by atoms with van der Waals surface area (Å²) >= 11 is 0. The van der Waals surface area contributed by atoms with Gasteiger partial charge in [-0.1, -0.05) is 0 Å². The first-order valence-electron chi connectivity index (χ1n) is 4.00. The Labute approximate surface area is 79.2 Å². The van der Waals surface area contributed by atoms with E-state index in [1.54, 1.807) is 0 Å². The topological polar surface area (TPSA) is 60.7 Å². The first-order valence-corrected chi connectivity index (χ1v) is 4.00. The van der Waals surface area contributed by atoms with Crippen LogP contribution in [0.1, 0.15) is 12.5 Å². The predicted octanol–water partition coefficient (Wildman–Crippen LogP) is 1.30. The van der Waals surface area contributed by atoms with Crippen LogP contribution in [0.2, 0.25) is 0 Å². The summed E-state index contributed by atoms with van der Waals surface area (Å²) in [6.45, 7) is 1.35. The second-order valence-electron chi connectivity index (χ2n) is 3.07. The van der Waals surface area contributed by atoms with Crippen LogP contribution in [0, 0.1) is 11.6 Å². The normalized spacial score (nSPS) is 12.9. The van der Waals surface area contributed by atoms with E-state index in [0.717, 1.165) is 0 Å². The van der Waals surface area contributed by atoms with Crippen molar-refractivity contribution in [3.05, 3.63) is 23.3 Å². The van der Waals surface area contributed by atoms with E-state index in [1.807, 2.05) is 0 Å². The molecule has 1 atom stereocenters. The molecule has 0 aliphatic rings. The molecule has 0 bridgehead atoms. The maximum atomic E-state index is 13.1. The van der Waals surface area contributed by atoms with Crippen LogP contribution in [-0.4, -0.2) is 21.4 Å². The van der Waals surface area contributed by atoms with Crippen LogP contribution in [0.4, 0.5) is 8.78 Å². The molecule has 0 fully saturated rings. The first kappa shape index (κ1) is 10.7. The Morgan fingerprint density at radius 2 is 1.64 bits per heavy atom. The van der Waals surface area contributed by atoms with Crippen molar-refractivity contribution in [1.29, 1.82) is 0 Å². The summed E-state index contributed by atoms with van der Waals surface area (Å²) in [7, 11) is 0. The van der Waals surface area contributed by atoms with E-state index >= 15 is 0 Å². The van der Waals surface area contributed by atoms with Gasteiger partial charge < -0.3 is 15.3 Å². The van der Waals surface area contributed by atoms with E-state index < -0.39 is 34.8 Å². The largest absolute Gasteiger partial charge is 0.505 e. The molecule has 1 unspecified atom stereocenters. The third kappa shape index (κ3) is 1.93. The van der Waals surface area contributed by atoms with Gasteiger partial charge in [0.25, 0.3) is 0 Å². The second-order valence-corrected chi connectivity index (χ2v) is 3.07. The number of aromatic hydroxyl groups is 2. The molecule has 3 N–H and O–H groups in total. The summed E-state index contributed by atoms with van der Waals surface area (Å²) in [6.07, 6.45) is -1.26. The lowest BCUT2D eigenvalue weighted by Crippen LogP contribution is -2.08. The van der Waals surface area contributed by atoms with Crippen LogP contribution in [0.3, 0.4) is 0 Å². The lowest BCUT2D eigenvalue weighted by atomic mass is 10.1. The number of aliphatic hydroxyl groups excluding tert-OH is 1. The Morgan fingerprint density at radius 1 is 1.21 bits per heavy atom. The minimum absolute atomic E-state index is 0.306. The van der Waals surface area contributed by atoms with Crippen molar-refractivity contribution in [3.63, 3.8) is 0 Å². The molecule has 5 heteroatoms. The summed E-state index contributed by atoms with van der Waals surface area (Å²) in [4.78, 5) is 0. The van der Waals surface area contributed by atoms with Gasteiger partial charge in [-0.05, 0) is 6.92 Å². The zero-order valence-electron chi connectivity index (χ0n) is 7.46. The molecule has 1 aromatic rings. The fraction of sp³-hybridized carbons (Fsp3) is 0.333. The Balaban J connectivity index is 3.25. The molecule has 0 aliphatic carbocycles. The van der Waals surface area contributed by atoms with E-state index in [0.29, 0.717) is 6.07 Å². The van der Waals surface area contributed by atoms with Crippen molar-refractivity contribution in [2.45, 2.75) is 19.4 Å². The fourth-order valence-electron chi connectivity index (χ4n) is 1.14. The van der Waals surface area contributed by atoms with Crippen molar-refractivity contribution in [3.8, 4) is 11.5 Å². The van der Waals surface area contributed by atoms with Gasteiger partial charge in [0.15, 0.2) is 23.1 Å².